The van der Waals surface area contributed by atoms with Crippen molar-refractivity contribution in [2.24, 2.45) is 0 Å². The first-order valence-corrected chi connectivity index (χ1v) is 9.00. The Morgan fingerprint density at radius 3 is 2.79 bits per heavy atom. The summed E-state index contributed by atoms with van der Waals surface area (Å²) < 4.78 is 18.9. The van der Waals surface area contributed by atoms with Crippen molar-refractivity contribution in [3.63, 3.8) is 0 Å². The molecule has 1 aliphatic heterocycles. The Bertz CT molecular complexity index is 1080. The minimum absolute atomic E-state index is 0.107. The van der Waals surface area contributed by atoms with E-state index in [2.05, 4.69) is 30.0 Å². The third-order valence-corrected chi connectivity index (χ3v) is 4.96. The highest BCUT2D eigenvalue weighted by atomic mass is 19.1. The van der Waals surface area contributed by atoms with Gasteiger partial charge in [0.15, 0.2) is 0 Å². The molecule has 0 bridgehead atoms. The zero-order chi connectivity index (χ0) is 18.9. The highest BCUT2D eigenvalue weighted by Gasteiger charge is 2.33. The van der Waals surface area contributed by atoms with Crippen LogP contribution >= 0.6 is 0 Å². The van der Waals surface area contributed by atoms with E-state index in [1.165, 1.54) is 12.1 Å². The molecule has 0 aliphatic carbocycles. The van der Waals surface area contributed by atoms with Crippen LogP contribution < -0.4 is 0 Å². The van der Waals surface area contributed by atoms with Crippen molar-refractivity contribution in [2.75, 3.05) is 0 Å². The monoisotopic (exact) mass is 376 g/mol. The molecule has 5 rings (SSSR count). The average molecular weight is 376 g/mol. The molecule has 4 aromatic rings. The fraction of sp³-hybridized carbons (Fsp3) is 0.200. The van der Waals surface area contributed by atoms with E-state index < -0.39 is 0 Å². The van der Waals surface area contributed by atoms with Gasteiger partial charge in [0.25, 0.3) is 0 Å². The summed E-state index contributed by atoms with van der Waals surface area (Å²) in [5, 5.41) is 4.14. The number of hydrogen-bond acceptors (Lipinski definition) is 6. The fourth-order valence-corrected chi connectivity index (χ4v) is 3.51. The summed E-state index contributed by atoms with van der Waals surface area (Å²) >= 11 is 0. The summed E-state index contributed by atoms with van der Waals surface area (Å²) in [6.45, 7) is 1.31. The quantitative estimate of drug-likeness (QED) is 0.588. The second-order valence-electron chi connectivity index (χ2n) is 6.77. The van der Waals surface area contributed by atoms with Crippen LogP contribution in [0.3, 0.4) is 0 Å². The Balaban J connectivity index is 1.46. The van der Waals surface area contributed by atoms with Crippen LogP contribution in [-0.4, -0.2) is 30.0 Å². The number of pyridine rings is 1. The molecular weight excluding hydrogens is 359 g/mol. The van der Waals surface area contributed by atoms with E-state index in [-0.39, 0.29) is 11.9 Å². The predicted octanol–water partition coefficient (Wildman–Crippen LogP) is 3.29. The lowest BCUT2D eigenvalue weighted by molar-refractivity contribution is 0.128. The molecule has 8 heteroatoms. The number of aromatic nitrogens is 5. The number of halogens is 1. The largest absolute Gasteiger partial charge is 0.347 e. The van der Waals surface area contributed by atoms with Crippen LogP contribution in [-0.2, 0) is 19.5 Å². The molecule has 3 aromatic heterocycles. The van der Waals surface area contributed by atoms with Gasteiger partial charge in [0.05, 0.1) is 23.8 Å². The topological polar surface area (TPSA) is 83.7 Å². The standard InChI is InChI=1S/C20H17FN6O/c21-15-3-1-13(2-4-15)10-27-11-17-16(23-12-24-17)9-18(27)20-25-19(26-28-20)14-5-7-22-8-6-14/h1-8,12,18H,9-11H2,(H,23,24)/t18-/m0/s1. The van der Waals surface area contributed by atoms with Crippen LogP contribution in [0.25, 0.3) is 11.4 Å². The van der Waals surface area contributed by atoms with Crippen molar-refractivity contribution in [3.05, 3.63) is 83.8 Å². The summed E-state index contributed by atoms with van der Waals surface area (Å²) in [5.74, 6) is 0.836. The molecule has 140 valence electrons. The smallest absolute Gasteiger partial charge is 0.244 e. The van der Waals surface area contributed by atoms with E-state index in [1.807, 2.05) is 12.1 Å². The van der Waals surface area contributed by atoms with Crippen LogP contribution in [0, 0.1) is 5.82 Å². The molecule has 1 aromatic carbocycles. The molecule has 0 amide bonds. The summed E-state index contributed by atoms with van der Waals surface area (Å²) in [7, 11) is 0. The molecule has 0 saturated carbocycles. The summed E-state index contributed by atoms with van der Waals surface area (Å²) in [4.78, 5) is 18.5. The number of imidazole rings is 1. The number of rotatable bonds is 4. The van der Waals surface area contributed by atoms with Crippen LogP contribution in [0.4, 0.5) is 4.39 Å². The van der Waals surface area contributed by atoms with Crippen molar-refractivity contribution < 1.29 is 8.91 Å². The zero-order valence-electron chi connectivity index (χ0n) is 14.9. The Labute approximate surface area is 160 Å². The molecule has 0 saturated heterocycles. The van der Waals surface area contributed by atoms with Crippen molar-refractivity contribution in [2.45, 2.75) is 25.6 Å². The molecule has 0 radical (unpaired) electrons. The lowest BCUT2D eigenvalue weighted by atomic mass is 10.0. The van der Waals surface area contributed by atoms with Gasteiger partial charge in [-0.2, -0.15) is 4.98 Å². The van der Waals surface area contributed by atoms with Gasteiger partial charge >= 0.3 is 0 Å². The average Bonchev–Trinajstić information content (AvgIpc) is 3.39. The minimum atomic E-state index is -0.242. The molecule has 7 nitrogen and oxygen atoms in total. The van der Waals surface area contributed by atoms with Gasteiger partial charge in [-0.15, -0.1) is 0 Å². The molecule has 28 heavy (non-hydrogen) atoms. The number of nitrogens with zero attached hydrogens (tertiary/aromatic N) is 5. The van der Waals surface area contributed by atoms with E-state index in [9.17, 15) is 4.39 Å². The van der Waals surface area contributed by atoms with Gasteiger partial charge in [0.2, 0.25) is 11.7 Å². The second-order valence-corrected chi connectivity index (χ2v) is 6.77. The van der Waals surface area contributed by atoms with Crippen LogP contribution in [0.2, 0.25) is 0 Å². The molecule has 1 N–H and O–H groups in total. The maximum atomic E-state index is 13.3. The SMILES string of the molecule is Fc1ccc(CN2Cc3[nH]cnc3C[C@H]2c2nc(-c3ccncc3)no2)cc1. The van der Waals surface area contributed by atoms with Crippen LogP contribution in [0.5, 0.6) is 0 Å². The molecule has 0 fully saturated rings. The second kappa shape index (κ2) is 6.97. The number of hydrogen-bond donors (Lipinski definition) is 1. The summed E-state index contributed by atoms with van der Waals surface area (Å²) in [6.07, 6.45) is 5.77. The number of benzene rings is 1. The van der Waals surface area contributed by atoms with Crippen molar-refractivity contribution in [1.29, 1.82) is 0 Å². The van der Waals surface area contributed by atoms with Gasteiger partial charge in [-0.05, 0) is 29.8 Å². The van der Waals surface area contributed by atoms with Gasteiger partial charge in [0, 0.05) is 37.5 Å². The van der Waals surface area contributed by atoms with E-state index in [0.29, 0.717) is 31.2 Å². The number of H-pyrrole nitrogens is 1. The number of aromatic amines is 1. The predicted molar refractivity (Wildman–Crippen MR) is 98.2 cm³/mol. The van der Waals surface area contributed by atoms with Crippen molar-refractivity contribution >= 4 is 0 Å². The minimum Gasteiger partial charge on any atom is -0.347 e. The van der Waals surface area contributed by atoms with E-state index in [0.717, 1.165) is 22.5 Å². The van der Waals surface area contributed by atoms with E-state index in [4.69, 9.17) is 4.52 Å². The number of fused-ring (bicyclic) bond motifs is 1. The zero-order valence-corrected chi connectivity index (χ0v) is 14.9. The fourth-order valence-electron chi connectivity index (χ4n) is 3.51. The molecular formula is C20H17FN6O. The van der Waals surface area contributed by atoms with Crippen molar-refractivity contribution in [1.82, 2.24) is 30.0 Å². The summed E-state index contributed by atoms with van der Waals surface area (Å²) in [5.41, 5.74) is 3.95. The first kappa shape index (κ1) is 16.8. The molecule has 4 heterocycles. The lowest BCUT2D eigenvalue weighted by Gasteiger charge is -2.32. The third-order valence-electron chi connectivity index (χ3n) is 4.96. The molecule has 1 aliphatic rings. The highest BCUT2D eigenvalue weighted by Crippen LogP contribution is 2.33. The van der Waals surface area contributed by atoms with Crippen LogP contribution in [0.15, 0.2) is 59.6 Å². The molecule has 0 unspecified atom stereocenters. The van der Waals surface area contributed by atoms with Gasteiger partial charge < -0.3 is 9.51 Å². The van der Waals surface area contributed by atoms with Gasteiger partial charge in [-0.3, -0.25) is 9.88 Å². The van der Waals surface area contributed by atoms with Gasteiger partial charge in [-0.1, -0.05) is 17.3 Å². The first-order valence-electron chi connectivity index (χ1n) is 9.00. The van der Waals surface area contributed by atoms with Gasteiger partial charge in [0.1, 0.15) is 5.82 Å². The van der Waals surface area contributed by atoms with E-state index >= 15 is 0 Å². The normalized spacial score (nSPS) is 16.8. The van der Waals surface area contributed by atoms with Crippen LogP contribution in [0.1, 0.15) is 28.9 Å². The maximum absolute atomic E-state index is 13.3. The Hall–Kier alpha value is -3.39. The molecule has 0 spiro atoms. The van der Waals surface area contributed by atoms with E-state index in [1.54, 1.807) is 30.9 Å². The first-order chi connectivity index (χ1) is 13.8. The Kier molecular flexibility index (Phi) is 4.17. The number of nitrogens with one attached hydrogen (secondary N) is 1. The Morgan fingerprint density at radius 2 is 1.96 bits per heavy atom. The summed E-state index contributed by atoms with van der Waals surface area (Å²) in [6, 6.07) is 10.1. The molecule has 1 atom stereocenters. The maximum Gasteiger partial charge on any atom is 0.244 e. The highest BCUT2D eigenvalue weighted by molar-refractivity contribution is 5.52. The lowest BCUT2D eigenvalue weighted by Crippen LogP contribution is -2.34. The Morgan fingerprint density at radius 1 is 1.14 bits per heavy atom. The third kappa shape index (κ3) is 3.18. The van der Waals surface area contributed by atoms with Gasteiger partial charge in [-0.25, -0.2) is 9.37 Å². The van der Waals surface area contributed by atoms with Crippen molar-refractivity contribution in [3.8, 4) is 11.4 Å².